The molecule has 0 bridgehead atoms. The number of carbonyl (C=O) groups excluding carboxylic acids is 3. The molecule has 1 aliphatic carbocycles. The average Bonchev–Trinajstić information content (AvgIpc) is 3.32. The standard InChI is InChI=1S/C49H92NO18P/c1-4-6-8-10-12-14-16-18-20-22-24-26-28-30-38(53)63-33-36(65-39(54)31-29-27-25-23-21-19-17-15-13-11-9-7-5-2)34-64-69(61,62)68-48-46(60)44(58)43(57)45(59)47(48)67-49-40(50-35(3)52)42(56)41(55)37(32-51)66-49/h36-37,40-49,51,55-60H,4-34H2,1-3H3,(H,50,52)(H,61,62)/t36-,37-,40-,41-,42-,43-,44-,45+,46-,47-,48-,49-/m1/s1. The first-order valence-electron chi connectivity index (χ1n) is 26.3. The summed E-state index contributed by atoms with van der Waals surface area (Å²) in [7, 11) is -5.39. The van der Waals surface area contributed by atoms with Crippen molar-refractivity contribution < 1.29 is 87.6 Å². The van der Waals surface area contributed by atoms with Gasteiger partial charge < -0.3 is 64.9 Å². The van der Waals surface area contributed by atoms with Crippen molar-refractivity contribution in [1.29, 1.82) is 0 Å². The molecule has 0 aromatic rings. The smallest absolute Gasteiger partial charge is 0.462 e. The Kier molecular flexibility index (Phi) is 33.9. The summed E-state index contributed by atoms with van der Waals surface area (Å²) in [5.41, 5.74) is 0. The molecule has 13 atom stereocenters. The largest absolute Gasteiger partial charge is 0.472 e. The van der Waals surface area contributed by atoms with E-state index in [0.29, 0.717) is 12.8 Å². The quantitative estimate of drug-likeness (QED) is 0.0202. The molecule has 0 aromatic heterocycles. The van der Waals surface area contributed by atoms with E-state index >= 15 is 0 Å². The zero-order valence-corrected chi connectivity index (χ0v) is 42.9. The van der Waals surface area contributed by atoms with Crippen molar-refractivity contribution in [3.8, 4) is 0 Å². The van der Waals surface area contributed by atoms with E-state index in [-0.39, 0.29) is 12.8 Å². The number of carbonyl (C=O) groups is 3. The maximum absolute atomic E-state index is 13.5. The van der Waals surface area contributed by atoms with E-state index in [0.717, 1.165) is 58.3 Å². The van der Waals surface area contributed by atoms with E-state index in [1.807, 2.05) is 0 Å². The summed E-state index contributed by atoms with van der Waals surface area (Å²) in [6, 6.07) is -1.58. The molecule has 1 saturated carbocycles. The maximum Gasteiger partial charge on any atom is 0.472 e. The molecule has 1 unspecified atom stereocenters. The van der Waals surface area contributed by atoms with Crippen LogP contribution >= 0.6 is 7.82 Å². The maximum atomic E-state index is 13.5. The molecule has 2 aliphatic rings. The summed E-state index contributed by atoms with van der Waals surface area (Å²) in [5.74, 6) is -1.94. The number of nitrogens with one attached hydrogen (secondary N) is 1. The molecule has 69 heavy (non-hydrogen) atoms. The molecule has 2 rings (SSSR count). The van der Waals surface area contributed by atoms with Crippen molar-refractivity contribution in [1.82, 2.24) is 5.32 Å². The average molecular weight is 1010 g/mol. The van der Waals surface area contributed by atoms with Crippen LogP contribution in [-0.2, 0) is 46.9 Å². The fourth-order valence-corrected chi connectivity index (χ4v) is 9.73. The van der Waals surface area contributed by atoms with Crippen molar-refractivity contribution in [3.05, 3.63) is 0 Å². The highest BCUT2D eigenvalue weighted by Gasteiger charge is 2.55. The molecule has 1 aliphatic heterocycles. The molecular weight excluding hydrogens is 922 g/mol. The van der Waals surface area contributed by atoms with Crippen LogP contribution in [0.1, 0.15) is 201 Å². The van der Waals surface area contributed by atoms with E-state index in [9.17, 15) is 59.6 Å². The lowest BCUT2D eigenvalue weighted by Gasteiger charge is -2.48. The number of rotatable bonds is 40. The second-order valence-corrected chi connectivity index (χ2v) is 20.5. The highest BCUT2D eigenvalue weighted by atomic mass is 31.2. The zero-order valence-electron chi connectivity index (χ0n) is 42.0. The van der Waals surface area contributed by atoms with Crippen molar-refractivity contribution in [2.45, 2.75) is 274 Å². The Bertz CT molecular complexity index is 1410. The number of unbranched alkanes of at least 4 members (excludes halogenated alkanes) is 24. The molecule has 406 valence electrons. The van der Waals surface area contributed by atoms with Gasteiger partial charge in [0, 0.05) is 19.8 Å². The normalized spacial score (nSPS) is 27.4. The van der Waals surface area contributed by atoms with Gasteiger partial charge in [-0.3, -0.25) is 23.4 Å². The summed E-state index contributed by atoms with van der Waals surface area (Å²) in [5, 5.41) is 76.2. The van der Waals surface area contributed by atoms with Crippen molar-refractivity contribution in [2.24, 2.45) is 0 Å². The van der Waals surface area contributed by atoms with Gasteiger partial charge in [-0.25, -0.2) is 4.57 Å². The third kappa shape index (κ3) is 26.1. The predicted molar refractivity (Wildman–Crippen MR) is 256 cm³/mol. The van der Waals surface area contributed by atoms with Gasteiger partial charge in [0.25, 0.3) is 0 Å². The third-order valence-electron chi connectivity index (χ3n) is 13.0. The molecular formula is C49H92NO18P. The van der Waals surface area contributed by atoms with E-state index in [1.165, 1.54) is 103 Å². The summed E-state index contributed by atoms with van der Waals surface area (Å²) >= 11 is 0. The molecule has 19 nitrogen and oxygen atoms in total. The van der Waals surface area contributed by atoms with E-state index < -0.39 is 119 Å². The summed E-state index contributed by atoms with van der Waals surface area (Å²) in [6.07, 6.45) is 8.28. The third-order valence-corrected chi connectivity index (χ3v) is 13.9. The van der Waals surface area contributed by atoms with Gasteiger partial charge in [0.2, 0.25) is 5.91 Å². The monoisotopic (exact) mass is 1010 g/mol. The van der Waals surface area contributed by atoms with Gasteiger partial charge in [-0.15, -0.1) is 0 Å². The van der Waals surface area contributed by atoms with Crippen molar-refractivity contribution in [2.75, 3.05) is 19.8 Å². The molecule has 1 heterocycles. The first kappa shape index (κ1) is 63.3. The Balaban J connectivity index is 2.02. The SMILES string of the molecule is CCCCCCCCCCCCCCCC(=O)OC[C@H](COP(=O)(O)O[C@@H]1[C@H](O)[C@H](O)[C@@H](O)[C@H](O)[C@H]1O[C@H]1O[C@H](CO)[C@@H](O)[C@H](O)[C@H]1NC(C)=O)OC(=O)CCCCCCCCCCCCCCC. The number of esters is 2. The number of amides is 1. The van der Waals surface area contributed by atoms with Crippen LogP contribution in [0, 0.1) is 0 Å². The minimum atomic E-state index is -5.39. The van der Waals surface area contributed by atoms with E-state index in [2.05, 4.69) is 19.2 Å². The van der Waals surface area contributed by atoms with E-state index in [4.69, 9.17) is 28.0 Å². The van der Waals surface area contributed by atoms with Gasteiger partial charge in [0.15, 0.2) is 12.4 Å². The lowest BCUT2D eigenvalue weighted by molar-refractivity contribution is -0.317. The number of aliphatic hydroxyl groups is 7. The van der Waals surface area contributed by atoms with Gasteiger partial charge in [-0.05, 0) is 12.8 Å². The fraction of sp³-hybridized carbons (Fsp3) is 0.939. The van der Waals surface area contributed by atoms with Gasteiger partial charge in [0.1, 0.15) is 67.6 Å². The first-order valence-corrected chi connectivity index (χ1v) is 27.8. The van der Waals surface area contributed by atoms with Crippen LogP contribution in [0.15, 0.2) is 0 Å². The number of ether oxygens (including phenoxy) is 4. The summed E-state index contributed by atoms with van der Waals surface area (Å²) in [4.78, 5) is 48.7. The van der Waals surface area contributed by atoms with Crippen molar-refractivity contribution >= 4 is 25.7 Å². The number of hydrogen-bond donors (Lipinski definition) is 9. The Morgan fingerprint density at radius 2 is 0.986 bits per heavy atom. The minimum Gasteiger partial charge on any atom is -0.462 e. The summed E-state index contributed by atoms with van der Waals surface area (Å²) < 4.78 is 46.2. The van der Waals surface area contributed by atoms with Gasteiger partial charge in [-0.2, -0.15) is 0 Å². The predicted octanol–water partition coefficient (Wildman–Crippen LogP) is 5.69. The molecule has 20 heteroatoms. The highest BCUT2D eigenvalue weighted by Crippen LogP contribution is 2.48. The fourth-order valence-electron chi connectivity index (χ4n) is 8.76. The van der Waals surface area contributed by atoms with Crippen molar-refractivity contribution in [3.63, 3.8) is 0 Å². The van der Waals surface area contributed by atoms with Crippen LogP contribution in [-0.4, -0.2) is 152 Å². The summed E-state index contributed by atoms with van der Waals surface area (Å²) in [6.45, 7) is 3.29. The highest BCUT2D eigenvalue weighted by molar-refractivity contribution is 7.47. The number of phosphoric acid groups is 1. The lowest BCUT2D eigenvalue weighted by Crippen LogP contribution is -2.69. The molecule has 1 amide bonds. The van der Waals surface area contributed by atoms with Crippen LogP contribution in [0.25, 0.3) is 0 Å². The Labute approximate surface area is 411 Å². The van der Waals surface area contributed by atoms with E-state index in [1.54, 1.807) is 0 Å². The van der Waals surface area contributed by atoms with Crippen LogP contribution in [0.2, 0.25) is 0 Å². The zero-order chi connectivity index (χ0) is 51.0. The number of aliphatic hydroxyl groups excluding tert-OH is 7. The van der Waals surface area contributed by atoms with Crippen LogP contribution < -0.4 is 5.32 Å². The van der Waals surface area contributed by atoms with Gasteiger partial charge in [-0.1, -0.05) is 168 Å². The number of hydrogen-bond acceptors (Lipinski definition) is 17. The van der Waals surface area contributed by atoms with Crippen LogP contribution in [0.5, 0.6) is 0 Å². The second kappa shape index (κ2) is 37.0. The van der Waals surface area contributed by atoms with Gasteiger partial charge >= 0.3 is 19.8 Å². The molecule has 0 radical (unpaired) electrons. The molecule has 0 spiro atoms. The number of phosphoric ester groups is 1. The second-order valence-electron chi connectivity index (χ2n) is 19.1. The van der Waals surface area contributed by atoms with Crippen LogP contribution in [0.4, 0.5) is 0 Å². The Hall–Kier alpha value is -1.84. The van der Waals surface area contributed by atoms with Crippen LogP contribution in [0.3, 0.4) is 0 Å². The topological polar surface area (TPSA) is 298 Å². The Morgan fingerprint density at radius 3 is 1.42 bits per heavy atom. The first-order chi connectivity index (χ1) is 33.1. The molecule has 9 N–H and O–H groups in total. The Morgan fingerprint density at radius 1 is 0.565 bits per heavy atom. The lowest BCUT2D eigenvalue weighted by atomic mass is 9.84. The molecule has 2 fully saturated rings. The van der Waals surface area contributed by atoms with Gasteiger partial charge in [0.05, 0.1) is 13.2 Å². The molecule has 1 saturated heterocycles. The molecule has 0 aromatic carbocycles. The minimum absolute atomic E-state index is 0.0332.